The molecule has 5 nitrogen and oxygen atoms in total. The number of aromatic nitrogens is 1. The monoisotopic (exact) mass is 575 g/mol. The van der Waals surface area contributed by atoms with Crippen LogP contribution in [-0.2, 0) is 6.42 Å². The lowest BCUT2D eigenvalue weighted by molar-refractivity contribution is 0.234. The van der Waals surface area contributed by atoms with Crippen LogP contribution in [0.1, 0.15) is 16.7 Å². The minimum atomic E-state index is -0.560. The summed E-state index contributed by atoms with van der Waals surface area (Å²) < 4.78 is 20.9. The van der Waals surface area contributed by atoms with Gasteiger partial charge in [-0.1, -0.05) is 48.0 Å². The van der Waals surface area contributed by atoms with Gasteiger partial charge in [-0.2, -0.15) is 0 Å². The number of ether oxygens (including phenoxy) is 1. The van der Waals surface area contributed by atoms with Gasteiger partial charge < -0.3 is 4.74 Å². The Labute approximate surface area is 220 Å². The second-order valence-corrected chi connectivity index (χ2v) is 9.44. The van der Waals surface area contributed by atoms with Crippen molar-refractivity contribution in [2.75, 3.05) is 5.88 Å². The molecule has 0 amide bonds. The molecule has 0 aliphatic carbocycles. The number of hydrogen-bond donors (Lipinski definition) is 2. The fourth-order valence-corrected chi connectivity index (χ4v) is 4.50. The van der Waals surface area contributed by atoms with Crippen LogP contribution in [0.2, 0.25) is 5.02 Å². The van der Waals surface area contributed by atoms with Crippen molar-refractivity contribution in [3.63, 3.8) is 0 Å². The number of aryl methyl sites for hydroxylation is 1. The standard InChI is InChI=1S/C26H21BrCl2FN3O2/c1-15-9-10-16(20(29)11-15)12-17(13-28)32-26(33-34)24-18-5-2-3-7-21(18)31-14-23(24)35-22-8-4-6-19(27)25(22)30/h2-11,14,17,34H,12-13H2,1H3,(H,32,33)/t17-/m1/s1. The van der Waals surface area contributed by atoms with Crippen molar-refractivity contribution in [2.45, 2.75) is 19.4 Å². The first-order chi connectivity index (χ1) is 16.9. The molecule has 0 unspecified atom stereocenters. The number of amidine groups is 1. The number of fused-ring (bicyclic) bond motifs is 1. The number of alkyl halides is 1. The lowest BCUT2D eigenvalue weighted by Crippen LogP contribution is -2.25. The van der Waals surface area contributed by atoms with Crippen LogP contribution in [-0.4, -0.2) is 27.9 Å². The molecule has 0 saturated carbocycles. The first-order valence-electron chi connectivity index (χ1n) is 10.7. The van der Waals surface area contributed by atoms with Gasteiger partial charge >= 0.3 is 0 Å². The normalized spacial score (nSPS) is 12.6. The van der Waals surface area contributed by atoms with Crippen molar-refractivity contribution in [3.05, 3.63) is 98.9 Å². The molecule has 1 atom stereocenters. The maximum atomic E-state index is 14.7. The van der Waals surface area contributed by atoms with E-state index in [1.54, 1.807) is 12.1 Å². The zero-order chi connectivity index (χ0) is 24.9. The van der Waals surface area contributed by atoms with Gasteiger partial charge in [-0.15, -0.1) is 11.6 Å². The predicted octanol–water partition coefficient (Wildman–Crippen LogP) is 7.47. The largest absolute Gasteiger partial charge is 0.452 e. The van der Waals surface area contributed by atoms with E-state index in [9.17, 15) is 9.60 Å². The van der Waals surface area contributed by atoms with E-state index in [-0.39, 0.29) is 27.7 Å². The number of halogens is 4. The second-order valence-electron chi connectivity index (χ2n) is 7.87. The molecule has 0 aliphatic rings. The SMILES string of the molecule is Cc1ccc(C[C@H](CCl)N=C(NO)c2c(Oc3cccc(Br)c3F)cnc3ccccc23)c(Cl)c1. The van der Waals surface area contributed by atoms with Gasteiger partial charge in [-0.25, -0.2) is 4.39 Å². The number of hydrogen-bond acceptors (Lipinski definition) is 4. The van der Waals surface area contributed by atoms with Crippen LogP contribution in [0.4, 0.5) is 4.39 Å². The zero-order valence-corrected chi connectivity index (χ0v) is 21.7. The molecule has 0 bridgehead atoms. The number of nitrogens with one attached hydrogen (secondary N) is 1. The van der Waals surface area contributed by atoms with Crippen LogP contribution in [0.15, 0.2) is 76.3 Å². The molecule has 3 aromatic carbocycles. The average molecular weight is 577 g/mol. The molecular formula is C26H21BrCl2FN3O2. The molecule has 2 N–H and O–H groups in total. The van der Waals surface area contributed by atoms with Crippen molar-refractivity contribution in [2.24, 2.45) is 4.99 Å². The van der Waals surface area contributed by atoms with Gasteiger partial charge in [0.2, 0.25) is 0 Å². The minimum absolute atomic E-state index is 0.00433. The lowest BCUT2D eigenvalue weighted by Gasteiger charge is -2.18. The third-order valence-corrected chi connectivity index (χ3v) is 6.69. The fourth-order valence-electron chi connectivity index (χ4n) is 3.66. The number of rotatable bonds is 7. The highest BCUT2D eigenvalue weighted by Crippen LogP contribution is 2.34. The van der Waals surface area contributed by atoms with Gasteiger partial charge in [0.05, 0.1) is 27.8 Å². The van der Waals surface area contributed by atoms with Gasteiger partial charge in [0.15, 0.2) is 23.2 Å². The van der Waals surface area contributed by atoms with Gasteiger partial charge in [-0.3, -0.25) is 20.7 Å². The topological polar surface area (TPSA) is 66.7 Å². The Morgan fingerprint density at radius 1 is 1.17 bits per heavy atom. The summed E-state index contributed by atoms with van der Waals surface area (Å²) in [6, 6.07) is 17.4. The summed E-state index contributed by atoms with van der Waals surface area (Å²) in [5, 5.41) is 11.4. The predicted molar refractivity (Wildman–Crippen MR) is 142 cm³/mol. The molecule has 1 aromatic heterocycles. The highest BCUT2D eigenvalue weighted by molar-refractivity contribution is 9.10. The molecule has 1 heterocycles. The van der Waals surface area contributed by atoms with E-state index in [1.165, 1.54) is 12.3 Å². The number of hydroxylamine groups is 1. The van der Waals surface area contributed by atoms with Crippen LogP contribution in [0, 0.1) is 12.7 Å². The molecule has 4 aromatic rings. The Morgan fingerprint density at radius 2 is 1.97 bits per heavy atom. The Morgan fingerprint density at radius 3 is 2.71 bits per heavy atom. The summed E-state index contributed by atoms with van der Waals surface area (Å²) in [7, 11) is 0. The molecule has 0 spiro atoms. The summed E-state index contributed by atoms with van der Waals surface area (Å²) >= 11 is 15.8. The lowest BCUT2D eigenvalue weighted by atomic mass is 10.0. The zero-order valence-electron chi connectivity index (χ0n) is 18.6. The van der Waals surface area contributed by atoms with Crippen molar-refractivity contribution in [1.29, 1.82) is 0 Å². The smallest absolute Gasteiger partial charge is 0.179 e. The molecule has 0 saturated heterocycles. The van der Waals surface area contributed by atoms with Crippen LogP contribution >= 0.6 is 39.1 Å². The summed E-state index contributed by atoms with van der Waals surface area (Å²) in [5.74, 6) is -0.0647. The van der Waals surface area contributed by atoms with Crippen molar-refractivity contribution >= 4 is 55.9 Å². The molecule has 9 heteroatoms. The van der Waals surface area contributed by atoms with Gasteiger partial charge in [0.25, 0.3) is 0 Å². The number of benzene rings is 3. The summed E-state index contributed by atoms with van der Waals surface area (Å²) in [4.78, 5) is 9.12. The highest BCUT2D eigenvalue weighted by Gasteiger charge is 2.20. The number of pyridine rings is 1. The third-order valence-electron chi connectivity index (χ3n) is 5.37. The van der Waals surface area contributed by atoms with Crippen molar-refractivity contribution in [3.8, 4) is 11.5 Å². The molecular weight excluding hydrogens is 556 g/mol. The molecule has 4 rings (SSSR count). The minimum Gasteiger partial charge on any atom is -0.452 e. The molecule has 0 aliphatic heterocycles. The Hall–Kier alpha value is -2.71. The van der Waals surface area contributed by atoms with E-state index in [0.717, 1.165) is 11.1 Å². The number of nitrogens with zero attached hydrogens (tertiary/aromatic N) is 2. The van der Waals surface area contributed by atoms with Gasteiger partial charge in [0.1, 0.15) is 0 Å². The number of aliphatic imine (C=N–C) groups is 1. The maximum Gasteiger partial charge on any atom is 0.179 e. The molecule has 180 valence electrons. The quantitative estimate of drug-likeness (QED) is 0.104. The van der Waals surface area contributed by atoms with Crippen LogP contribution in [0.5, 0.6) is 11.5 Å². The fraction of sp³-hybridized carbons (Fsp3) is 0.154. The highest BCUT2D eigenvalue weighted by atomic mass is 79.9. The van der Waals surface area contributed by atoms with Crippen molar-refractivity contribution in [1.82, 2.24) is 10.5 Å². The second kappa shape index (κ2) is 11.4. The van der Waals surface area contributed by atoms with E-state index >= 15 is 0 Å². The van der Waals surface area contributed by atoms with Gasteiger partial charge in [-0.05, 0) is 64.7 Å². The van der Waals surface area contributed by atoms with Crippen LogP contribution in [0.3, 0.4) is 0 Å². The number of para-hydroxylation sites is 1. The van der Waals surface area contributed by atoms with Crippen molar-refractivity contribution < 1.29 is 14.3 Å². The summed E-state index contributed by atoms with van der Waals surface area (Å²) in [5.41, 5.74) is 5.19. The van der Waals surface area contributed by atoms with E-state index in [2.05, 4.69) is 31.4 Å². The Kier molecular flexibility index (Phi) is 8.23. The molecule has 0 fully saturated rings. The first kappa shape index (κ1) is 25.4. The Bertz CT molecular complexity index is 1400. The van der Waals surface area contributed by atoms with Crippen LogP contribution < -0.4 is 10.2 Å². The first-order valence-corrected chi connectivity index (χ1v) is 12.4. The summed E-state index contributed by atoms with van der Waals surface area (Å²) in [6.45, 7) is 1.96. The van der Waals surface area contributed by atoms with E-state index in [0.29, 0.717) is 27.9 Å². The van der Waals surface area contributed by atoms with Crippen LogP contribution in [0.25, 0.3) is 10.9 Å². The van der Waals surface area contributed by atoms with Gasteiger partial charge in [0, 0.05) is 16.3 Å². The average Bonchev–Trinajstić information content (AvgIpc) is 2.86. The Balaban J connectivity index is 1.80. The van der Waals surface area contributed by atoms with E-state index in [4.69, 9.17) is 27.9 Å². The third kappa shape index (κ3) is 5.76. The molecule has 0 radical (unpaired) electrons. The maximum absolute atomic E-state index is 14.7. The summed E-state index contributed by atoms with van der Waals surface area (Å²) in [6.07, 6.45) is 1.92. The van der Waals surface area contributed by atoms with E-state index < -0.39 is 11.9 Å². The van der Waals surface area contributed by atoms with E-state index in [1.807, 2.05) is 49.4 Å². The molecule has 35 heavy (non-hydrogen) atoms.